The zero-order valence-corrected chi connectivity index (χ0v) is 6.59. The van der Waals surface area contributed by atoms with E-state index < -0.39 is 6.10 Å². The van der Waals surface area contributed by atoms with Crippen molar-refractivity contribution in [3.8, 4) is 0 Å². The number of rotatable bonds is 5. The molecule has 1 unspecified atom stereocenters. The lowest BCUT2D eigenvalue weighted by atomic mass is 10.2. The normalized spacial score (nSPS) is 13.8. The molecular formula is C9H16O. The number of allylic oxidation sites excluding steroid dienone is 1. The second-order valence-electron chi connectivity index (χ2n) is 2.30. The third-order valence-corrected chi connectivity index (χ3v) is 1.30. The molecule has 0 aromatic heterocycles. The van der Waals surface area contributed by atoms with Gasteiger partial charge in [0.25, 0.3) is 0 Å². The molecule has 0 spiro atoms. The molecule has 1 heteroatoms. The molecular weight excluding hydrogens is 124 g/mol. The molecule has 0 saturated heterocycles. The lowest BCUT2D eigenvalue weighted by molar-refractivity contribution is 0.271. The first-order chi connectivity index (χ1) is 4.81. The molecule has 0 aliphatic heterocycles. The van der Waals surface area contributed by atoms with Gasteiger partial charge in [0, 0.05) is 0 Å². The van der Waals surface area contributed by atoms with Crippen LogP contribution in [0.1, 0.15) is 26.2 Å². The summed E-state index contributed by atoms with van der Waals surface area (Å²) in [6.07, 6.45) is 8.27. The van der Waals surface area contributed by atoms with E-state index in [2.05, 4.69) is 13.5 Å². The summed E-state index contributed by atoms with van der Waals surface area (Å²) in [7, 11) is 0. The van der Waals surface area contributed by atoms with Crippen LogP contribution in [-0.2, 0) is 0 Å². The fraction of sp³-hybridized carbons (Fsp3) is 0.556. The predicted molar refractivity (Wildman–Crippen MR) is 44.9 cm³/mol. The molecule has 0 aliphatic rings. The molecule has 1 N–H and O–H groups in total. The van der Waals surface area contributed by atoms with Crippen molar-refractivity contribution in [1.29, 1.82) is 0 Å². The highest BCUT2D eigenvalue weighted by Gasteiger charge is 1.86. The van der Waals surface area contributed by atoms with Gasteiger partial charge in [-0.15, -0.1) is 6.58 Å². The Morgan fingerprint density at radius 1 is 1.60 bits per heavy atom. The molecule has 0 fully saturated rings. The van der Waals surface area contributed by atoms with Crippen LogP contribution >= 0.6 is 0 Å². The van der Waals surface area contributed by atoms with Gasteiger partial charge in [-0.05, 0) is 6.42 Å². The predicted octanol–water partition coefficient (Wildman–Crippen LogP) is 2.28. The Labute approximate surface area is 63.1 Å². The highest BCUT2D eigenvalue weighted by Crippen LogP contribution is 1.96. The Hall–Kier alpha value is -0.560. The van der Waals surface area contributed by atoms with Crippen molar-refractivity contribution < 1.29 is 5.11 Å². The molecule has 1 atom stereocenters. The Morgan fingerprint density at radius 3 is 2.80 bits per heavy atom. The number of aliphatic hydroxyl groups excluding tert-OH is 1. The van der Waals surface area contributed by atoms with Crippen molar-refractivity contribution in [3.05, 3.63) is 24.8 Å². The molecule has 1 nitrogen and oxygen atoms in total. The second-order valence-corrected chi connectivity index (χ2v) is 2.30. The number of unbranched alkanes of at least 4 members (excludes halogenated alkanes) is 2. The second kappa shape index (κ2) is 6.56. The zero-order chi connectivity index (χ0) is 7.82. The van der Waals surface area contributed by atoms with Crippen LogP contribution in [0.25, 0.3) is 0 Å². The van der Waals surface area contributed by atoms with Crippen molar-refractivity contribution in [1.82, 2.24) is 0 Å². The first-order valence-corrected chi connectivity index (χ1v) is 3.78. The molecule has 0 bridgehead atoms. The SMILES string of the molecule is C=CC(O)/C=C/CCCC. The summed E-state index contributed by atoms with van der Waals surface area (Å²) in [5.41, 5.74) is 0. The first-order valence-electron chi connectivity index (χ1n) is 3.78. The zero-order valence-electron chi connectivity index (χ0n) is 6.59. The summed E-state index contributed by atoms with van der Waals surface area (Å²) in [5, 5.41) is 8.95. The smallest absolute Gasteiger partial charge is 0.0899 e. The van der Waals surface area contributed by atoms with Crippen LogP contribution in [0.15, 0.2) is 24.8 Å². The molecule has 0 heterocycles. The molecule has 0 amide bonds. The lowest BCUT2D eigenvalue weighted by Crippen LogP contribution is -1.93. The summed E-state index contributed by atoms with van der Waals surface area (Å²) < 4.78 is 0. The average molecular weight is 140 g/mol. The van der Waals surface area contributed by atoms with Gasteiger partial charge >= 0.3 is 0 Å². The summed E-state index contributed by atoms with van der Waals surface area (Å²) in [4.78, 5) is 0. The van der Waals surface area contributed by atoms with Gasteiger partial charge in [-0.1, -0.05) is 38.0 Å². The standard InChI is InChI=1S/C9H16O/c1-3-5-6-7-8-9(10)4-2/h4,7-10H,2-3,5-6H2,1H3/b8-7+. The van der Waals surface area contributed by atoms with Crippen LogP contribution in [0.4, 0.5) is 0 Å². The molecule has 0 radical (unpaired) electrons. The highest BCUT2D eigenvalue weighted by atomic mass is 16.3. The summed E-state index contributed by atoms with van der Waals surface area (Å²) in [5.74, 6) is 0. The van der Waals surface area contributed by atoms with Crippen molar-refractivity contribution >= 4 is 0 Å². The van der Waals surface area contributed by atoms with Crippen molar-refractivity contribution in [2.24, 2.45) is 0 Å². The number of aliphatic hydroxyl groups is 1. The van der Waals surface area contributed by atoms with Gasteiger partial charge in [0.05, 0.1) is 6.10 Å². The Bertz CT molecular complexity index is 105. The fourth-order valence-corrected chi connectivity index (χ4v) is 0.636. The Balaban J connectivity index is 3.26. The van der Waals surface area contributed by atoms with Crippen molar-refractivity contribution in [2.75, 3.05) is 0 Å². The molecule has 0 aromatic rings. The van der Waals surface area contributed by atoms with Crippen LogP contribution in [0, 0.1) is 0 Å². The minimum Gasteiger partial charge on any atom is -0.385 e. The van der Waals surface area contributed by atoms with Crippen LogP contribution in [0.2, 0.25) is 0 Å². The van der Waals surface area contributed by atoms with E-state index in [0.29, 0.717) is 0 Å². The molecule has 0 rings (SSSR count). The van der Waals surface area contributed by atoms with Gasteiger partial charge in [0.1, 0.15) is 0 Å². The van der Waals surface area contributed by atoms with Crippen LogP contribution in [0.5, 0.6) is 0 Å². The topological polar surface area (TPSA) is 20.2 Å². The molecule has 0 aromatic carbocycles. The van der Waals surface area contributed by atoms with E-state index in [1.165, 1.54) is 18.9 Å². The number of hydrogen-bond donors (Lipinski definition) is 1. The van der Waals surface area contributed by atoms with E-state index in [9.17, 15) is 0 Å². The van der Waals surface area contributed by atoms with Gasteiger partial charge < -0.3 is 5.11 Å². The maximum atomic E-state index is 8.95. The minimum atomic E-state index is -0.461. The molecule has 0 aliphatic carbocycles. The van der Waals surface area contributed by atoms with E-state index in [1.807, 2.05) is 6.08 Å². The van der Waals surface area contributed by atoms with E-state index in [4.69, 9.17) is 5.11 Å². The lowest BCUT2D eigenvalue weighted by Gasteiger charge is -1.94. The number of hydrogen-bond acceptors (Lipinski definition) is 1. The van der Waals surface area contributed by atoms with Crippen molar-refractivity contribution in [3.63, 3.8) is 0 Å². The molecule has 58 valence electrons. The van der Waals surface area contributed by atoms with E-state index in [0.717, 1.165) is 6.42 Å². The monoisotopic (exact) mass is 140 g/mol. The van der Waals surface area contributed by atoms with Gasteiger partial charge in [-0.25, -0.2) is 0 Å². The highest BCUT2D eigenvalue weighted by molar-refractivity contribution is 4.97. The quantitative estimate of drug-likeness (QED) is 0.459. The Kier molecular flexibility index (Phi) is 6.19. The van der Waals surface area contributed by atoms with Gasteiger partial charge in [0.2, 0.25) is 0 Å². The van der Waals surface area contributed by atoms with E-state index in [-0.39, 0.29) is 0 Å². The third kappa shape index (κ3) is 5.57. The molecule has 0 saturated carbocycles. The largest absolute Gasteiger partial charge is 0.385 e. The van der Waals surface area contributed by atoms with Gasteiger partial charge in [0.15, 0.2) is 0 Å². The third-order valence-electron chi connectivity index (χ3n) is 1.30. The van der Waals surface area contributed by atoms with Gasteiger partial charge in [-0.3, -0.25) is 0 Å². The fourth-order valence-electron chi connectivity index (χ4n) is 0.636. The first kappa shape index (κ1) is 9.44. The van der Waals surface area contributed by atoms with Crippen molar-refractivity contribution in [2.45, 2.75) is 32.3 Å². The van der Waals surface area contributed by atoms with Crippen LogP contribution in [-0.4, -0.2) is 11.2 Å². The van der Waals surface area contributed by atoms with Gasteiger partial charge in [-0.2, -0.15) is 0 Å². The van der Waals surface area contributed by atoms with Crippen LogP contribution in [0.3, 0.4) is 0 Å². The van der Waals surface area contributed by atoms with E-state index >= 15 is 0 Å². The summed E-state index contributed by atoms with van der Waals surface area (Å²) >= 11 is 0. The molecule has 10 heavy (non-hydrogen) atoms. The summed E-state index contributed by atoms with van der Waals surface area (Å²) in [6.45, 7) is 5.61. The maximum absolute atomic E-state index is 8.95. The Morgan fingerprint density at radius 2 is 2.30 bits per heavy atom. The average Bonchev–Trinajstić information content (AvgIpc) is 1.98. The minimum absolute atomic E-state index is 0.461. The summed E-state index contributed by atoms with van der Waals surface area (Å²) in [6, 6.07) is 0. The van der Waals surface area contributed by atoms with Crippen LogP contribution < -0.4 is 0 Å². The maximum Gasteiger partial charge on any atom is 0.0899 e. The van der Waals surface area contributed by atoms with E-state index in [1.54, 1.807) is 6.08 Å².